The van der Waals surface area contributed by atoms with Gasteiger partial charge in [0.1, 0.15) is 0 Å². The largest absolute Gasteiger partial charge is 0.283 e. The molecule has 1 unspecified atom stereocenters. The van der Waals surface area contributed by atoms with Crippen molar-refractivity contribution in [2.75, 3.05) is 0 Å². The second-order valence-corrected chi connectivity index (χ2v) is 5.56. The molecule has 0 radical (unpaired) electrons. The molecular weight excluding hydrogens is 172 g/mol. The highest BCUT2D eigenvalue weighted by atomic mass is 32.2. The fourth-order valence-electron chi connectivity index (χ4n) is 0.585. The van der Waals surface area contributed by atoms with Crippen LogP contribution in [0, 0.1) is 0 Å². The molecule has 0 rings (SSSR count). The van der Waals surface area contributed by atoms with Gasteiger partial charge in [0.05, 0.1) is 10.9 Å². The summed E-state index contributed by atoms with van der Waals surface area (Å²) in [5.74, 6) is 0. The smallest absolute Gasteiger partial charge is 0.161 e. The average molecular weight is 190 g/mol. The second kappa shape index (κ2) is 4.77. The fourth-order valence-corrected chi connectivity index (χ4v) is 1.21. The predicted molar refractivity (Wildman–Crippen MR) is 53.3 cm³/mol. The first-order valence-electron chi connectivity index (χ1n) is 4.09. The summed E-state index contributed by atoms with van der Waals surface area (Å²) in [5, 5.41) is 0. The van der Waals surface area contributed by atoms with Gasteiger partial charge in [-0.05, 0) is 34.6 Å². The molecule has 0 fully saturated rings. The van der Waals surface area contributed by atoms with E-state index in [4.69, 9.17) is 4.18 Å². The van der Waals surface area contributed by atoms with Crippen LogP contribution in [0.5, 0.6) is 0 Å². The normalized spacial score (nSPS) is 18.1. The average Bonchev–Trinajstić information content (AvgIpc) is 1.85. The van der Waals surface area contributed by atoms with E-state index in [-0.39, 0.29) is 10.9 Å². The highest BCUT2D eigenvalue weighted by molar-refractivity contribution is 7.81. The SMILES string of the molecule is C/C=C/[C@@H](C)OS(=O)C(C)(C)C. The van der Waals surface area contributed by atoms with Crippen molar-refractivity contribution in [3.8, 4) is 0 Å². The minimum absolute atomic E-state index is 0.0740. The number of allylic oxidation sites excluding steroid dienone is 1. The van der Waals surface area contributed by atoms with Crippen LogP contribution in [0.25, 0.3) is 0 Å². The van der Waals surface area contributed by atoms with Crippen molar-refractivity contribution >= 4 is 11.1 Å². The second-order valence-electron chi connectivity index (χ2n) is 3.67. The summed E-state index contributed by atoms with van der Waals surface area (Å²) in [5.41, 5.74) is 0. The molecule has 0 bridgehead atoms. The van der Waals surface area contributed by atoms with E-state index in [1.165, 1.54) is 0 Å². The van der Waals surface area contributed by atoms with E-state index >= 15 is 0 Å². The monoisotopic (exact) mass is 190 g/mol. The molecule has 0 aromatic rings. The van der Waals surface area contributed by atoms with Crippen molar-refractivity contribution in [1.29, 1.82) is 0 Å². The molecule has 0 heterocycles. The summed E-state index contributed by atoms with van der Waals surface area (Å²) in [6.45, 7) is 9.48. The third-order valence-corrected chi connectivity index (χ3v) is 2.68. The van der Waals surface area contributed by atoms with Gasteiger partial charge in [-0.3, -0.25) is 4.18 Å². The van der Waals surface area contributed by atoms with E-state index in [1.807, 2.05) is 46.8 Å². The van der Waals surface area contributed by atoms with E-state index in [1.54, 1.807) is 0 Å². The zero-order valence-electron chi connectivity index (χ0n) is 8.46. The van der Waals surface area contributed by atoms with Gasteiger partial charge in [-0.1, -0.05) is 12.2 Å². The van der Waals surface area contributed by atoms with Crippen molar-refractivity contribution in [3.05, 3.63) is 12.2 Å². The van der Waals surface area contributed by atoms with Crippen molar-refractivity contribution < 1.29 is 8.39 Å². The highest BCUT2D eigenvalue weighted by Crippen LogP contribution is 2.14. The van der Waals surface area contributed by atoms with Gasteiger partial charge in [-0.15, -0.1) is 0 Å². The summed E-state index contributed by atoms with van der Waals surface area (Å²) in [6.07, 6.45) is 3.70. The van der Waals surface area contributed by atoms with Crippen LogP contribution in [0.15, 0.2) is 12.2 Å². The van der Waals surface area contributed by atoms with Gasteiger partial charge in [0.25, 0.3) is 0 Å². The molecule has 0 aliphatic heterocycles. The van der Waals surface area contributed by atoms with Crippen LogP contribution >= 0.6 is 0 Å². The van der Waals surface area contributed by atoms with Crippen molar-refractivity contribution in [2.24, 2.45) is 0 Å². The van der Waals surface area contributed by atoms with Gasteiger partial charge in [-0.25, -0.2) is 4.21 Å². The molecule has 0 N–H and O–H groups in total. The number of rotatable bonds is 3. The molecule has 0 aliphatic rings. The van der Waals surface area contributed by atoms with E-state index in [9.17, 15) is 4.21 Å². The van der Waals surface area contributed by atoms with Crippen molar-refractivity contribution in [1.82, 2.24) is 0 Å². The molecule has 72 valence electrons. The molecule has 2 atom stereocenters. The summed E-state index contributed by atoms with van der Waals surface area (Å²) >= 11 is -1.22. The van der Waals surface area contributed by atoms with Crippen molar-refractivity contribution in [3.63, 3.8) is 0 Å². The van der Waals surface area contributed by atoms with Crippen LogP contribution in [-0.4, -0.2) is 15.1 Å². The molecule has 0 aromatic heterocycles. The quantitative estimate of drug-likeness (QED) is 0.639. The maximum absolute atomic E-state index is 11.4. The Morgan fingerprint density at radius 1 is 1.42 bits per heavy atom. The Kier molecular flexibility index (Phi) is 4.71. The molecule has 3 heteroatoms. The van der Waals surface area contributed by atoms with Crippen LogP contribution in [-0.2, 0) is 15.3 Å². The maximum atomic E-state index is 11.4. The Balaban J connectivity index is 4.02. The van der Waals surface area contributed by atoms with Crippen molar-refractivity contribution in [2.45, 2.75) is 45.5 Å². The third kappa shape index (κ3) is 4.67. The first-order chi connectivity index (χ1) is 5.38. The lowest BCUT2D eigenvalue weighted by atomic mass is 10.3. The first kappa shape index (κ1) is 11.8. The van der Waals surface area contributed by atoms with Gasteiger partial charge in [0.2, 0.25) is 0 Å². The molecule has 12 heavy (non-hydrogen) atoms. The van der Waals surface area contributed by atoms with Gasteiger partial charge in [-0.2, -0.15) is 0 Å². The van der Waals surface area contributed by atoms with Crippen LogP contribution in [0.4, 0.5) is 0 Å². The zero-order chi connectivity index (χ0) is 9.78. The molecule has 0 spiro atoms. The highest BCUT2D eigenvalue weighted by Gasteiger charge is 2.21. The summed E-state index contributed by atoms with van der Waals surface area (Å²) < 4.78 is 16.3. The van der Waals surface area contributed by atoms with Gasteiger partial charge < -0.3 is 0 Å². The Morgan fingerprint density at radius 2 is 1.92 bits per heavy atom. The summed E-state index contributed by atoms with van der Waals surface area (Å²) in [7, 11) is 0. The topological polar surface area (TPSA) is 26.3 Å². The predicted octanol–water partition coefficient (Wildman–Crippen LogP) is 2.43. The fraction of sp³-hybridized carbons (Fsp3) is 0.778. The molecule has 0 aliphatic carbocycles. The standard InChI is InChI=1S/C9H18O2S/c1-6-7-8(2)11-12(10)9(3,4)5/h6-8H,1-5H3/b7-6+/t8-,12?/m1/s1. The van der Waals surface area contributed by atoms with Crippen LogP contribution < -0.4 is 0 Å². The van der Waals surface area contributed by atoms with E-state index in [0.717, 1.165) is 0 Å². The van der Waals surface area contributed by atoms with Crippen LogP contribution in [0.3, 0.4) is 0 Å². The lowest BCUT2D eigenvalue weighted by Crippen LogP contribution is -2.26. The Labute approximate surface area is 77.7 Å². The Morgan fingerprint density at radius 3 is 2.25 bits per heavy atom. The van der Waals surface area contributed by atoms with Gasteiger partial charge in [0, 0.05) is 0 Å². The van der Waals surface area contributed by atoms with E-state index in [2.05, 4.69) is 0 Å². The minimum Gasteiger partial charge on any atom is -0.283 e. The summed E-state index contributed by atoms with van der Waals surface area (Å²) in [6, 6.07) is 0. The summed E-state index contributed by atoms with van der Waals surface area (Å²) in [4.78, 5) is 0. The third-order valence-electron chi connectivity index (χ3n) is 1.20. The first-order valence-corrected chi connectivity index (χ1v) is 5.17. The minimum atomic E-state index is -1.22. The Hall–Kier alpha value is -0.150. The lowest BCUT2D eigenvalue weighted by molar-refractivity contribution is 0.290. The molecule has 0 saturated heterocycles. The van der Waals surface area contributed by atoms with Gasteiger partial charge >= 0.3 is 0 Å². The molecule has 0 aromatic carbocycles. The number of hydrogen-bond acceptors (Lipinski definition) is 2. The maximum Gasteiger partial charge on any atom is 0.161 e. The number of hydrogen-bond donors (Lipinski definition) is 0. The molecule has 0 saturated carbocycles. The van der Waals surface area contributed by atoms with E-state index < -0.39 is 11.1 Å². The molecule has 0 amide bonds. The van der Waals surface area contributed by atoms with Gasteiger partial charge in [0.15, 0.2) is 11.1 Å². The van der Waals surface area contributed by atoms with Crippen LogP contribution in [0.2, 0.25) is 0 Å². The molecular formula is C9H18O2S. The zero-order valence-corrected chi connectivity index (χ0v) is 9.27. The lowest BCUT2D eigenvalue weighted by Gasteiger charge is -2.18. The van der Waals surface area contributed by atoms with Crippen LogP contribution in [0.1, 0.15) is 34.6 Å². The van der Waals surface area contributed by atoms with E-state index in [0.29, 0.717) is 0 Å². The Bertz CT molecular complexity index is 179. The molecule has 2 nitrogen and oxygen atoms in total.